The van der Waals surface area contributed by atoms with Gasteiger partial charge in [0.1, 0.15) is 6.10 Å². The number of ketones is 1. The van der Waals surface area contributed by atoms with Crippen LogP contribution in [-0.4, -0.2) is 17.9 Å². The standard InChI is InChI=1S/C26H40O3/c1-3-4-10-19-11-6-5-8-17(2)26(28)24-15-22-20-12-7-9-18(20)13-14-21(22)23(24)16-25(27)29-19/h15,17-23H,3-14,16H2,1-2H3/t17-,18?,19+,20?,21?,22?,23?/m1/s1. The van der Waals surface area contributed by atoms with Gasteiger partial charge in [0, 0.05) is 11.8 Å². The zero-order valence-corrected chi connectivity index (χ0v) is 18.5. The van der Waals surface area contributed by atoms with Crippen LogP contribution in [0.5, 0.6) is 0 Å². The number of rotatable bonds is 3. The fourth-order valence-corrected chi connectivity index (χ4v) is 7.00. The number of carbonyl (C=O) groups is 2. The third-order valence-corrected chi connectivity index (χ3v) is 8.58. The van der Waals surface area contributed by atoms with Crippen molar-refractivity contribution < 1.29 is 14.3 Å². The summed E-state index contributed by atoms with van der Waals surface area (Å²) < 4.78 is 5.98. The highest BCUT2D eigenvalue weighted by Gasteiger charge is 2.49. The minimum Gasteiger partial charge on any atom is -0.462 e. The summed E-state index contributed by atoms with van der Waals surface area (Å²) in [6.45, 7) is 4.30. The van der Waals surface area contributed by atoms with E-state index in [0.29, 0.717) is 24.0 Å². The van der Waals surface area contributed by atoms with Gasteiger partial charge in [0.05, 0.1) is 6.42 Å². The number of Topliss-reactive ketones (excluding diaryl/α,β-unsaturated/α-hetero) is 1. The highest BCUT2D eigenvalue weighted by atomic mass is 16.5. The van der Waals surface area contributed by atoms with Crippen LogP contribution in [0.1, 0.15) is 97.3 Å². The monoisotopic (exact) mass is 400 g/mol. The summed E-state index contributed by atoms with van der Waals surface area (Å²) in [7, 11) is 0. The second kappa shape index (κ2) is 9.35. The average Bonchev–Trinajstić information content (AvgIpc) is 3.32. The van der Waals surface area contributed by atoms with Gasteiger partial charge in [0.2, 0.25) is 0 Å². The van der Waals surface area contributed by atoms with E-state index in [1.54, 1.807) is 0 Å². The molecule has 0 aromatic rings. The molecule has 3 nitrogen and oxygen atoms in total. The Morgan fingerprint density at radius 2 is 1.79 bits per heavy atom. The molecule has 3 fully saturated rings. The van der Waals surface area contributed by atoms with E-state index < -0.39 is 0 Å². The van der Waals surface area contributed by atoms with Crippen LogP contribution in [0.2, 0.25) is 0 Å². The van der Waals surface area contributed by atoms with Gasteiger partial charge in [-0.3, -0.25) is 9.59 Å². The van der Waals surface area contributed by atoms with Crippen LogP contribution in [0.3, 0.4) is 0 Å². The van der Waals surface area contributed by atoms with Crippen LogP contribution in [0.15, 0.2) is 11.6 Å². The van der Waals surface area contributed by atoms with Gasteiger partial charge in [-0.05, 0) is 74.2 Å². The Morgan fingerprint density at radius 1 is 0.966 bits per heavy atom. The number of esters is 1. The number of fused-ring (bicyclic) bond motifs is 5. The predicted molar refractivity (Wildman–Crippen MR) is 115 cm³/mol. The Bertz CT molecular complexity index is 636. The smallest absolute Gasteiger partial charge is 0.306 e. The first-order valence-electron chi connectivity index (χ1n) is 12.5. The predicted octanol–water partition coefficient (Wildman–Crippen LogP) is 6.26. The molecule has 29 heavy (non-hydrogen) atoms. The van der Waals surface area contributed by atoms with Crippen molar-refractivity contribution in [2.45, 2.75) is 103 Å². The Morgan fingerprint density at radius 3 is 2.62 bits per heavy atom. The quantitative estimate of drug-likeness (QED) is 0.525. The third kappa shape index (κ3) is 4.49. The number of hydrogen-bond donors (Lipinski definition) is 0. The molecule has 5 unspecified atom stereocenters. The van der Waals surface area contributed by atoms with Gasteiger partial charge in [-0.25, -0.2) is 0 Å². The molecule has 1 saturated heterocycles. The molecule has 0 N–H and O–H groups in total. The molecule has 1 heterocycles. The zero-order chi connectivity index (χ0) is 20.4. The Balaban J connectivity index is 1.56. The molecule has 4 rings (SSSR count). The maximum absolute atomic E-state index is 13.4. The molecule has 3 heteroatoms. The first-order chi connectivity index (χ1) is 14.1. The number of cyclic esters (lactones) is 1. The van der Waals surface area contributed by atoms with Gasteiger partial charge in [-0.2, -0.15) is 0 Å². The van der Waals surface area contributed by atoms with Gasteiger partial charge < -0.3 is 4.74 Å². The van der Waals surface area contributed by atoms with Crippen molar-refractivity contribution in [3.63, 3.8) is 0 Å². The lowest BCUT2D eigenvalue weighted by Gasteiger charge is -2.38. The lowest BCUT2D eigenvalue weighted by atomic mass is 9.66. The molecule has 0 radical (unpaired) electrons. The van der Waals surface area contributed by atoms with Crippen molar-refractivity contribution in [2.75, 3.05) is 0 Å². The minimum atomic E-state index is -0.0581. The maximum atomic E-state index is 13.4. The second-order valence-electron chi connectivity index (χ2n) is 10.4. The summed E-state index contributed by atoms with van der Waals surface area (Å²) in [6.07, 6.45) is 16.6. The summed E-state index contributed by atoms with van der Waals surface area (Å²) in [5, 5.41) is 0. The van der Waals surface area contributed by atoms with E-state index in [-0.39, 0.29) is 23.9 Å². The van der Waals surface area contributed by atoms with Gasteiger partial charge in [-0.1, -0.05) is 52.0 Å². The fraction of sp³-hybridized carbons (Fsp3) is 0.846. The lowest BCUT2D eigenvalue weighted by Crippen LogP contribution is -2.33. The van der Waals surface area contributed by atoms with Crippen molar-refractivity contribution in [1.29, 1.82) is 0 Å². The van der Waals surface area contributed by atoms with E-state index in [2.05, 4.69) is 19.9 Å². The molecule has 0 amide bonds. The molecule has 0 spiro atoms. The van der Waals surface area contributed by atoms with Gasteiger partial charge in [0.25, 0.3) is 0 Å². The van der Waals surface area contributed by atoms with Crippen LogP contribution in [-0.2, 0) is 14.3 Å². The molecule has 2 saturated carbocycles. The van der Waals surface area contributed by atoms with Crippen LogP contribution in [0, 0.1) is 35.5 Å². The summed E-state index contributed by atoms with van der Waals surface area (Å²) in [5.41, 5.74) is 1.00. The van der Waals surface area contributed by atoms with Crippen molar-refractivity contribution in [3.8, 4) is 0 Å². The van der Waals surface area contributed by atoms with Crippen LogP contribution in [0.25, 0.3) is 0 Å². The summed E-state index contributed by atoms with van der Waals surface area (Å²) in [5.74, 6) is 3.09. The Kier molecular flexibility index (Phi) is 6.81. The largest absolute Gasteiger partial charge is 0.462 e. The summed E-state index contributed by atoms with van der Waals surface area (Å²) >= 11 is 0. The van der Waals surface area contributed by atoms with E-state index in [1.165, 1.54) is 32.1 Å². The van der Waals surface area contributed by atoms with Crippen LogP contribution in [0.4, 0.5) is 0 Å². The van der Waals surface area contributed by atoms with Crippen molar-refractivity contribution >= 4 is 11.8 Å². The molecule has 1 aliphatic heterocycles. The van der Waals surface area contributed by atoms with Crippen molar-refractivity contribution in [3.05, 3.63) is 11.6 Å². The number of unbranched alkanes of at least 4 members (excludes halogenated alkanes) is 1. The second-order valence-corrected chi connectivity index (χ2v) is 10.4. The molecule has 3 aliphatic carbocycles. The molecular weight excluding hydrogens is 360 g/mol. The number of carbonyl (C=O) groups excluding carboxylic acids is 2. The van der Waals surface area contributed by atoms with E-state index in [9.17, 15) is 9.59 Å². The molecule has 7 atom stereocenters. The average molecular weight is 401 g/mol. The minimum absolute atomic E-state index is 0.0581. The number of allylic oxidation sites excluding steroid dienone is 2. The number of ether oxygens (including phenoxy) is 1. The molecule has 0 aromatic heterocycles. The lowest BCUT2D eigenvalue weighted by molar-refractivity contribution is -0.151. The van der Waals surface area contributed by atoms with Crippen molar-refractivity contribution in [2.24, 2.45) is 35.5 Å². The van der Waals surface area contributed by atoms with Crippen LogP contribution < -0.4 is 0 Å². The molecule has 4 aliphatic rings. The Hall–Kier alpha value is -1.12. The van der Waals surface area contributed by atoms with E-state index in [1.807, 2.05) is 0 Å². The first kappa shape index (κ1) is 21.1. The highest BCUT2D eigenvalue weighted by molar-refractivity contribution is 5.98. The molecule has 0 aromatic carbocycles. The highest BCUT2D eigenvalue weighted by Crippen LogP contribution is 2.56. The summed E-state index contributed by atoms with van der Waals surface area (Å²) in [6, 6.07) is 0. The zero-order valence-electron chi connectivity index (χ0n) is 18.5. The molecular formula is C26H40O3. The third-order valence-electron chi connectivity index (χ3n) is 8.58. The van der Waals surface area contributed by atoms with Crippen LogP contribution >= 0.6 is 0 Å². The Labute approximate surface area is 177 Å². The molecule has 162 valence electrons. The van der Waals surface area contributed by atoms with Gasteiger partial charge >= 0.3 is 5.97 Å². The van der Waals surface area contributed by atoms with E-state index in [0.717, 1.165) is 62.4 Å². The van der Waals surface area contributed by atoms with E-state index >= 15 is 0 Å². The normalized spacial score (nSPS) is 40.8. The fourth-order valence-electron chi connectivity index (χ4n) is 7.00. The van der Waals surface area contributed by atoms with Crippen molar-refractivity contribution in [1.82, 2.24) is 0 Å². The summed E-state index contributed by atoms with van der Waals surface area (Å²) in [4.78, 5) is 26.3. The SMILES string of the molecule is CCCC[C@H]1CCCC[C@@H](C)C(=O)C2=CC3C4CCCC4CCC3C2CC(=O)O1. The topological polar surface area (TPSA) is 43.4 Å². The molecule has 0 bridgehead atoms. The van der Waals surface area contributed by atoms with Gasteiger partial charge in [0.15, 0.2) is 5.78 Å². The maximum Gasteiger partial charge on any atom is 0.306 e. The first-order valence-corrected chi connectivity index (χ1v) is 12.5. The van der Waals surface area contributed by atoms with E-state index in [4.69, 9.17) is 4.74 Å². The van der Waals surface area contributed by atoms with Gasteiger partial charge in [-0.15, -0.1) is 0 Å². The number of hydrogen-bond acceptors (Lipinski definition) is 3.